The van der Waals surface area contributed by atoms with Crippen LogP contribution in [0.5, 0.6) is 0 Å². The lowest BCUT2D eigenvalue weighted by molar-refractivity contribution is -0.212. The lowest BCUT2D eigenvalue weighted by Crippen LogP contribution is -2.26. The minimum Gasteiger partial charge on any atom is -0.858 e. The molecule has 1 aliphatic heterocycles. The summed E-state index contributed by atoms with van der Waals surface area (Å²) in [5.41, 5.74) is 2.01. The lowest BCUT2D eigenvalue weighted by Gasteiger charge is -2.24. The third-order valence-electron chi connectivity index (χ3n) is 6.75. The van der Waals surface area contributed by atoms with Crippen molar-refractivity contribution in [3.8, 4) is 0 Å². The molecule has 41 heavy (non-hydrogen) atoms. The zero-order valence-electron chi connectivity index (χ0n) is 21.6. The van der Waals surface area contributed by atoms with Gasteiger partial charge in [0.15, 0.2) is 17.0 Å². The summed E-state index contributed by atoms with van der Waals surface area (Å²) >= 11 is 5.21. The normalized spacial score (nSPS) is 21.0. The highest BCUT2D eigenvalue weighted by molar-refractivity contribution is 8.35. The van der Waals surface area contributed by atoms with E-state index < -0.39 is 31.5 Å². The predicted octanol–water partition coefficient (Wildman–Crippen LogP) is 3.52. The maximum Gasteiger partial charge on any atom is 0.286 e. The fourth-order valence-electron chi connectivity index (χ4n) is 4.68. The predicted molar refractivity (Wildman–Crippen MR) is 154 cm³/mol. The molecule has 5 aromatic rings. The van der Waals surface area contributed by atoms with Gasteiger partial charge in [-0.25, -0.2) is 24.8 Å². The van der Waals surface area contributed by atoms with Crippen LogP contribution >= 0.6 is 7.15 Å². The molecular formula is C28H25N5O6PS-. The first kappa shape index (κ1) is 27.7. The topological polar surface area (TPSA) is 147 Å². The molecule has 2 aromatic heterocycles. The van der Waals surface area contributed by atoms with E-state index >= 15 is 0 Å². The van der Waals surface area contributed by atoms with Crippen LogP contribution in [0.1, 0.15) is 23.8 Å². The summed E-state index contributed by atoms with van der Waals surface area (Å²) in [6, 6.07) is 22.3. The molecule has 0 radical (unpaired) electrons. The second kappa shape index (κ2) is 11.8. The van der Waals surface area contributed by atoms with Gasteiger partial charge in [0, 0.05) is 6.42 Å². The van der Waals surface area contributed by atoms with Gasteiger partial charge in [0.05, 0.1) is 12.4 Å². The van der Waals surface area contributed by atoms with Gasteiger partial charge >= 0.3 is 0 Å². The van der Waals surface area contributed by atoms with E-state index in [1.165, 1.54) is 12.7 Å². The summed E-state index contributed by atoms with van der Waals surface area (Å²) in [7, 11) is -3.62. The van der Waals surface area contributed by atoms with Crippen LogP contribution in [0.4, 0.5) is 5.82 Å². The number of nitrogens with zero attached hydrogens (tertiary/aromatic N) is 5. The average molecular weight is 591 g/mol. The van der Waals surface area contributed by atoms with Crippen LogP contribution in [-0.4, -0.2) is 54.2 Å². The highest BCUT2D eigenvalue weighted by Crippen LogP contribution is 2.55. The Morgan fingerprint density at radius 2 is 1.83 bits per heavy atom. The number of ether oxygens (including phenoxy) is 1. The van der Waals surface area contributed by atoms with E-state index in [0.29, 0.717) is 16.7 Å². The van der Waals surface area contributed by atoms with Crippen molar-refractivity contribution in [1.82, 2.24) is 19.5 Å². The minimum absolute atomic E-state index is 0.0761. The number of aromatic nitrogens is 4. The molecule has 0 saturated carbocycles. The second-order valence-electron chi connectivity index (χ2n) is 9.41. The van der Waals surface area contributed by atoms with Gasteiger partial charge in [0.2, 0.25) is 0 Å². The van der Waals surface area contributed by atoms with Crippen molar-refractivity contribution in [3.63, 3.8) is 0 Å². The van der Waals surface area contributed by atoms with Crippen molar-refractivity contribution >= 4 is 53.0 Å². The Morgan fingerprint density at radius 3 is 2.68 bits per heavy atom. The summed E-state index contributed by atoms with van der Waals surface area (Å²) in [6.45, 7) is -0.0958. The van der Waals surface area contributed by atoms with Crippen molar-refractivity contribution < 1.29 is 28.9 Å². The molecule has 1 saturated heterocycles. The Kier molecular flexibility index (Phi) is 7.96. The van der Waals surface area contributed by atoms with Crippen LogP contribution in [0.2, 0.25) is 0 Å². The third-order valence-corrected chi connectivity index (χ3v) is 8.31. The van der Waals surface area contributed by atoms with Crippen LogP contribution in [0.25, 0.3) is 21.9 Å². The number of aliphatic hydroxyl groups is 1. The molecule has 1 fully saturated rings. The molecule has 6 rings (SSSR count). The van der Waals surface area contributed by atoms with Gasteiger partial charge in [-0.1, -0.05) is 72.8 Å². The van der Waals surface area contributed by atoms with Crippen molar-refractivity contribution in [2.75, 3.05) is 6.61 Å². The Hall–Kier alpha value is -3.48. The van der Waals surface area contributed by atoms with Crippen molar-refractivity contribution in [1.29, 1.82) is 0 Å². The molecule has 11 nitrogen and oxygen atoms in total. The van der Waals surface area contributed by atoms with E-state index in [4.69, 9.17) is 26.0 Å². The molecule has 1 aliphatic rings. The Bertz CT molecular complexity index is 1700. The van der Waals surface area contributed by atoms with Crippen LogP contribution < -0.4 is 5.11 Å². The van der Waals surface area contributed by atoms with Crippen molar-refractivity contribution in [3.05, 3.63) is 96.6 Å². The number of benzene rings is 3. The number of fused-ring (bicyclic) bond motifs is 2. The van der Waals surface area contributed by atoms with Crippen LogP contribution in [0.3, 0.4) is 0 Å². The number of aliphatic hydroxyl groups excluding tert-OH is 1. The SMILES string of the molecule is [O-]C(=Nc1ncnc2c1ncn2[C@H]1C[C@H](O)[C@@H](CO[P+](O)([S-])OCc2cccc3ccccc23)O1)c1ccccc1. The molecular weight excluding hydrogens is 565 g/mol. The van der Waals surface area contributed by atoms with Crippen LogP contribution in [0.15, 0.2) is 90.4 Å². The van der Waals surface area contributed by atoms with E-state index in [-0.39, 0.29) is 25.5 Å². The van der Waals surface area contributed by atoms with Gasteiger partial charge < -0.3 is 27.2 Å². The number of rotatable bonds is 9. The number of hydrogen-bond acceptors (Lipinski definition) is 11. The summed E-state index contributed by atoms with van der Waals surface area (Å²) < 4.78 is 18.8. The zero-order valence-corrected chi connectivity index (χ0v) is 23.3. The third kappa shape index (κ3) is 6.09. The van der Waals surface area contributed by atoms with Crippen LogP contribution in [-0.2, 0) is 32.6 Å². The standard InChI is InChI=1S/C28H26N5O6PS/c34-22-13-24(33-17-31-25-26(29-16-30-27(25)33)32-28(35)19-8-2-1-3-9-19)39-23(22)15-38-40(36,41)37-14-20-11-6-10-18-7-4-5-12-21(18)20/h1-12,16-17,22-24,34H,13-15H2,(H,36,41)(H,29,30,32,35)/p-1/t22-,23+,24+,40?/m0/s1. The molecule has 3 heterocycles. The molecule has 0 spiro atoms. The first-order valence-corrected chi connectivity index (χ1v) is 15.4. The monoisotopic (exact) mass is 590 g/mol. The van der Waals surface area contributed by atoms with E-state index in [2.05, 4.69) is 19.9 Å². The molecule has 210 valence electrons. The van der Waals surface area contributed by atoms with Gasteiger partial charge in [-0.05, 0) is 27.8 Å². The molecule has 0 amide bonds. The van der Waals surface area contributed by atoms with Crippen molar-refractivity contribution in [2.24, 2.45) is 4.99 Å². The molecule has 1 unspecified atom stereocenters. The van der Waals surface area contributed by atoms with Gasteiger partial charge in [-0.15, -0.1) is 0 Å². The quantitative estimate of drug-likeness (QED) is 0.113. The number of hydrogen-bond donors (Lipinski definition) is 2. The van der Waals surface area contributed by atoms with Crippen LogP contribution in [0, 0.1) is 0 Å². The second-order valence-corrected chi connectivity index (χ2v) is 12.3. The van der Waals surface area contributed by atoms with Gasteiger partial charge in [0.1, 0.15) is 31.9 Å². The van der Waals surface area contributed by atoms with E-state index in [9.17, 15) is 15.1 Å². The fraction of sp³-hybridized carbons (Fsp3) is 0.214. The Balaban J connectivity index is 1.11. The largest absolute Gasteiger partial charge is 0.858 e. The highest BCUT2D eigenvalue weighted by atomic mass is 32.7. The van der Waals surface area contributed by atoms with Gasteiger partial charge in [0.25, 0.3) is 7.15 Å². The lowest BCUT2D eigenvalue weighted by atomic mass is 10.1. The van der Waals surface area contributed by atoms with Gasteiger partial charge in [-0.3, -0.25) is 4.57 Å². The van der Waals surface area contributed by atoms with E-state index in [1.54, 1.807) is 28.8 Å². The fourth-order valence-corrected chi connectivity index (χ4v) is 5.74. The Labute approximate surface area is 240 Å². The summed E-state index contributed by atoms with van der Waals surface area (Å²) in [5.74, 6) is -0.322. The molecule has 0 aliphatic carbocycles. The Morgan fingerprint density at radius 1 is 1.05 bits per heavy atom. The highest BCUT2D eigenvalue weighted by Gasteiger charge is 2.38. The van der Waals surface area contributed by atoms with E-state index in [1.807, 2.05) is 48.5 Å². The maximum absolute atomic E-state index is 12.6. The van der Waals surface area contributed by atoms with Gasteiger partial charge in [-0.2, -0.15) is 9.05 Å². The smallest absolute Gasteiger partial charge is 0.286 e. The number of imidazole rings is 1. The molecule has 3 aromatic carbocycles. The zero-order chi connectivity index (χ0) is 28.4. The summed E-state index contributed by atoms with van der Waals surface area (Å²) in [4.78, 5) is 27.5. The number of aliphatic imine (C=N–C) groups is 1. The van der Waals surface area contributed by atoms with E-state index in [0.717, 1.165) is 16.3 Å². The maximum atomic E-state index is 12.6. The molecule has 0 bridgehead atoms. The van der Waals surface area contributed by atoms with Crippen molar-refractivity contribution in [2.45, 2.75) is 31.5 Å². The first-order valence-electron chi connectivity index (χ1n) is 12.8. The average Bonchev–Trinajstić information content (AvgIpc) is 3.59. The first-order chi connectivity index (χ1) is 19.9. The molecule has 2 N–H and O–H groups in total. The summed E-state index contributed by atoms with van der Waals surface area (Å²) in [5, 5.41) is 25.3. The minimum atomic E-state index is -3.62. The molecule has 4 atom stereocenters. The summed E-state index contributed by atoms with van der Waals surface area (Å²) in [6.07, 6.45) is 0.678. The molecule has 13 heteroatoms.